The Labute approximate surface area is 152 Å². The third kappa shape index (κ3) is 4.99. The number of aromatic nitrogens is 6. The standard InChI is InChI=1S/C14H19N7S3/c1-2-3-8-21-12(16-19-20-21)10-23-14-18-17-13(24-14)15-7-6-11-5-4-9-22-11/h4-5,9H,2-3,6-8,10H2,1H3,(H,15,17). The van der Waals surface area contributed by atoms with Gasteiger partial charge in [-0.2, -0.15) is 0 Å². The molecular weight excluding hydrogens is 362 g/mol. The molecule has 128 valence electrons. The first-order valence-electron chi connectivity index (χ1n) is 7.82. The number of aryl methyl sites for hydroxylation is 1. The molecule has 0 aliphatic heterocycles. The number of unbranched alkanes of at least 4 members (excludes halogenated alkanes) is 1. The number of nitrogens with zero attached hydrogens (tertiary/aromatic N) is 6. The first-order valence-corrected chi connectivity index (χ1v) is 10.5. The zero-order valence-electron chi connectivity index (χ0n) is 13.4. The Hall–Kier alpha value is -1.52. The fourth-order valence-electron chi connectivity index (χ4n) is 2.02. The molecule has 3 aromatic rings. The van der Waals surface area contributed by atoms with Gasteiger partial charge in [-0.05, 0) is 34.7 Å². The van der Waals surface area contributed by atoms with E-state index in [1.54, 1.807) is 34.4 Å². The summed E-state index contributed by atoms with van der Waals surface area (Å²) >= 11 is 4.97. The van der Waals surface area contributed by atoms with Gasteiger partial charge < -0.3 is 5.32 Å². The second kappa shape index (κ2) is 9.09. The summed E-state index contributed by atoms with van der Waals surface area (Å²) in [6.45, 7) is 3.90. The van der Waals surface area contributed by atoms with Crippen LogP contribution < -0.4 is 5.32 Å². The van der Waals surface area contributed by atoms with E-state index in [-0.39, 0.29) is 0 Å². The van der Waals surface area contributed by atoms with Gasteiger partial charge in [0.25, 0.3) is 0 Å². The second-order valence-electron chi connectivity index (χ2n) is 5.09. The molecule has 0 atom stereocenters. The monoisotopic (exact) mass is 381 g/mol. The minimum absolute atomic E-state index is 0.709. The number of thioether (sulfide) groups is 1. The van der Waals surface area contributed by atoms with Crippen molar-refractivity contribution in [2.75, 3.05) is 11.9 Å². The lowest BCUT2D eigenvalue weighted by atomic mass is 10.3. The van der Waals surface area contributed by atoms with Gasteiger partial charge in [0.05, 0.1) is 5.75 Å². The predicted octanol–water partition coefficient (Wildman–Crippen LogP) is 3.33. The normalized spacial score (nSPS) is 11.0. The van der Waals surface area contributed by atoms with Gasteiger partial charge >= 0.3 is 0 Å². The Morgan fingerprint density at radius 3 is 3.08 bits per heavy atom. The third-order valence-electron chi connectivity index (χ3n) is 3.29. The van der Waals surface area contributed by atoms with E-state index in [0.717, 1.165) is 47.6 Å². The molecule has 0 radical (unpaired) electrons. The lowest BCUT2D eigenvalue weighted by molar-refractivity contribution is 0.540. The number of nitrogens with one attached hydrogen (secondary N) is 1. The number of thiophene rings is 1. The molecule has 0 amide bonds. The van der Waals surface area contributed by atoms with E-state index in [0.29, 0.717) is 5.75 Å². The van der Waals surface area contributed by atoms with E-state index >= 15 is 0 Å². The lowest BCUT2D eigenvalue weighted by Gasteiger charge is -2.01. The maximum Gasteiger partial charge on any atom is 0.206 e. The summed E-state index contributed by atoms with van der Waals surface area (Å²) in [4.78, 5) is 1.38. The van der Waals surface area contributed by atoms with Crippen molar-refractivity contribution in [3.8, 4) is 0 Å². The van der Waals surface area contributed by atoms with Gasteiger partial charge in [0.15, 0.2) is 10.2 Å². The zero-order valence-corrected chi connectivity index (χ0v) is 15.8. The molecule has 3 aromatic heterocycles. The number of tetrazole rings is 1. The van der Waals surface area contributed by atoms with Gasteiger partial charge in [0, 0.05) is 18.0 Å². The smallest absolute Gasteiger partial charge is 0.206 e. The fraction of sp³-hybridized carbons (Fsp3) is 0.500. The van der Waals surface area contributed by atoms with Crippen molar-refractivity contribution in [3.05, 3.63) is 28.2 Å². The topological polar surface area (TPSA) is 81.4 Å². The summed E-state index contributed by atoms with van der Waals surface area (Å²) in [5.41, 5.74) is 0. The van der Waals surface area contributed by atoms with Crippen LogP contribution in [0, 0.1) is 0 Å². The summed E-state index contributed by atoms with van der Waals surface area (Å²) in [5, 5.41) is 26.6. The molecule has 24 heavy (non-hydrogen) atoms. The SMILES string of the molecule is CCCCn1nnnc1CSc1nnc(NCCc2cccs2)s1. The minimum Gasteiger partial charge on any atom is -0.360 e. The van der Waals surface area contributed by atoms with Crippen molar-refractivity contribution in [2.45, 2.75) is 42.8 Å². The molecule has 0 unspecified atom stereocenters. The van der Waals surface area contributed by atoms with Crippen molar-refractivity contribution < 1.29 is 0 Å². The van der Waals surface area contributed by atoms with Crippen LogP contribution in [0.5, 0.6) is 0 Å². The van der Waals surface area contributed by atoms with E-state index in [1.807, 2.05) is 4.68 Å². The fourth-order valence-corrected chi connectivity index (χ4v) is 4.44. The summed E-state index contributed by atoms with van der Waals surface area (Å²) in [7, 11) is 0. The maximum absolute atomic E-state index is 4.22. The summed E-state index contributed by atoms with van der Waals surface area (Å²) in [5.74, 6) is 1.59. The van der Waals surface area contributed by atoms with Crippen molar-refractivity contribution in [3.63, 3.8) is 0 Å². The van der Waals surface area contributed by atoms with Crippen LogP contribution in [-0.4, -0.2) is 36.9 Å². The Kier molecular flexibility index (Phi) is 6.56. The predicted molar refractivity (Wildman–Crippen MR) is 98.7 cm³/mol. The summed E-state index contributed by atoms with van der Waals surface area (Å²) < 4.78 is 2.80. The molecule has 7 nitrogen and oxygen atoms in total. The summed E-state index contributed by atoms with van der Waals surface area (Å²) in [6, 6.07) is 4.23. The van der Waals surface area contributed by atoms with Crippen molar-refractivity contribution >= 4 is 39.6 Å². The van der Waals surface area contributed by atoms with Gasteiger partial charge in [-0.1, -0.05) is 42.5 Å². The molecule has 0 aliphatic rings. The van der Waals surface area contributed by atoms with Crippen LogP contribution in [-0.2, 0) is 18.7 Å². The van der Waals surface area contributed by atoms with Crippen molar-refractivity contribution in [2.24, 2.45) is 0 Å². The second-order valence-corrected chi connectivity index (χ2v) is 8.32. The first kappa shape index (κ1) is 17.3. The minimum atomic E-state index is 0.709. The highest BCUT2D eigenvalue weighted by atomic mass is 32.2. The number of rotatable bonds is 10. The molecule has 0 aromatic carbocycles. The van der Waals surface area contributed by atoms with Gasteiger partial charge in [-0.3, -0.25) is 0 Å². The van der Waals surface area contributed by atoms with E-state index < -0.39 is 0 Å². The highest BCUT2D eigenvalue weighted by Crippen LogP contribution is 2.27. The molecule has 0 saturated heterocycles. The van der Waals surface area contributed by atoms with E-state index in [4.69, 9.17) is 0 Å². The molecule has 1 N–H and O–H groups in total. The van der Waals surface area contributed by atoms with Crippen LogP contribution in [0.2, 0.25) is 0 Å². The van der Waals surface area contributed by atoms with Crippen LogP contribution >= 0.6 is 34.4 Å². The average molecular weight is 382 g/mol. The molecule has 3 rings (SSSR count). The van der Waals surface area contributed by atoms with Crippen LogP contribution in [0.3, 0.4) is 0 Å². The third-order valence-corrected chi connectivity index (χ3v) is 6.23. The van der Waals surface area contributed by atoms with Gasteiger partial charge in [-0.25, -0.2) is 4.68 Å². The van der Waals surface area contributed by atoms with Gasteiger partial charge in [-0.15, -0.1) is 26.6 Å². The quantitative estimate of drug-likeness (QED) is 0.539. The molecule has 3 heterocycles. The van der Waals surface area contributed by atoms with Crippen molar-refractivity contribution in [1.29, 1.82) is 0 Å². The zero-order chi connectivity index (χ0) is 16.6. The number of anilines is 1. The lowest BCUT2D eigenvalue weighted by Crippen LogP contribution is -2.04. The molecule has 0 aliphatic carbocycles. The number of hydrogen-bond donors (Lipinski definition) is 1. The van der Waals surface area contributed by atoms with Crippen LogP contribution in [0.1, 0.15) is 30.5 Å². The van der Waals surface area contributed by atoms with E-state index in [1.165, 1.54) is 4.88 Å². The summed E-state index contributed by atoms with van der Waals surface area (Å²) in [6.07, 6.45) is 3.22. The number of hydrogen-bond acceptors (Lipinski definition) is 9. The molecule has 10 heteroatoms. The molecule has 0 fully saturated rings. The molecule has 0 saturated carbocycles. The van der Waals surface area contributed by atoms with Crippen LogP contribution in [0.15, 0.2) is 21.9 Å². The van der Waals surface area contributed by atoms with Crippen LogP contribution in [0.4, 0.5) is 5.13 Å². The Bertz CT molecular complexity index is 722. The average Bonchev–Trinajstić information content (AvgIpc) is 3.33. The molecule has 0 bridgehead atoms. The Morgan fingerprint density at radius 2 is 2.25 bits per heavy atom. The first-order chi connectivity index (χ1) is 11.8. The Balaban J connectivity index is 1.45. The maximum atomic E-state index is 4.22. The highest BCUT2D eigenvalue weighted by Gasteiger charge is 2.09. The Morgan fingerprint density at radius 1 is 1.29 bits per heavy atom. The van der Waals surface area contributed by atoms with Crippen LogP contribution in [0.25, 0.3) is 0 Å². The van der Waals surface area contributed by atoms with Gasteiger partial charge in [0.1, 0.15) is 0 Å². The largest absolute Gasteiger partial charge is 0.360 e. The van der Waals surface area contributed by atoms with E-state index in [2.05, 4.69) is 55.5 Å². The van der Waals surface area contributed by atoms with Crippen molar-refractivity contribution in [1.82, 2.24) is 30.4 Å². The molecule has 0 spiro atoms. The van der Waals surface area contributed by atoms with Gasteiger partial charge in [0.2, 0.25) is 5.13 Å². The van der Waals surface area contributed by atoms with E-state index in [9.17, 15) is 0 Å². The highest BCUT2D eigenvalue weighted by molar-refractivity contribution is 8.00. The molecular formula is C14H19N7S3.